The summed E-state index contributed by atoms with van der Waals surface area (Å²) in [6.07, 6.45) is 1.17. The van der Waals surface area contributed by atoms with Crippen molar-refractivity contribution in [1.82, 2.24) is 5.32 Å². The largest absolute Gasteiger partial charge is 0.381 e. The average molecular weight is 309 g/mol. The molecule has 0 spiro atoms. The molecule has 0 bridgehead atoms. The molecule has 1 fully saturated rings. The summed E-state index contributed by atoms with van der Waals surface area (Å²) < 4.78 is 72.8. The lowest BCUT2D eigenvalue weighted by molar-refractivity contribution is 0.175. The van der Waals surface area contributed by atoms with Gasteiger partial charge in [0.1, 0.15) is 0 Å². The van der Waals surface area contributed by atoms with Crippen molar-refractivity contribution >= 4 is 0 Å². The molecule has 2 nitrogen and oxygen atoms in total. The van der Waals surface area contributed by atoms with Gasteiger partial charge in [0, 0.05) is 24.1 Å². The van der Waals surface area contributed by atoms with Gasteiger partial charge in [0.15, 0.2) is 23.3 Å². The van der Waals surface area contributed by atoms with Gasteiger partial charge in [-0.1, -0.05) is 6.92 Å². The van der Waals surface area contributed by atoms with E-state index in [2.05, 4.69) is 5.32 Å². The number of hydrogen-bond acceptors (Lipinski definition) is 2. The van der Waals surface area contributed by atoms with Gasteiger partial charge in [-0.15, -0.1) is 0 Å². The van der Waals surface area contributed by atoms with Crippen molar-refractivity contribution in [3.8, 4) is 0 Å². The van der Waals surface area contributed by atoms with Crippen LogP contribution in [-0.4, -0.2) is 19.8 Å². The van der Waals surface area contributed by atoms with E-state index in [9.17, 15) is 22.0 Å². The van der Waals surface area contributed by atoms with E-state index in [-0.39, 0.29) is 12.5 Å². The molecule has 1 heterocycles. The fourth-order valence-corrected chi connectivity index (χ4v) is 2.51. The molecule has 1 aromatic carbocycles. The Bertz CT molecular complexity index is 488. The maximum absolute atomic E-state index is 13.9. The second kappa shape index (κ2) is 6.70. The van der Waals surface area contributed by atoms with Crippen molar-refractivity contribution in [2.45, 2.75) is 25.8 Å². The first-order valence-electron chi connectivity index (χ1n) is 6.81. The highest BCUT2D eigenvalue weighted by molar-refractivity contribution is 5.28. The quantitative estimate of drug-likeness (QED) is 0.511. The van der Waals surface area contributed by atoms with Crippen molar-refractivity contribution < 1.29 is 26.7 Å². The van der Waals surface area contributed by atoms with Crippen molar-refractivity contribution in [1.29, 1.82) is 0 Å². The molecule has 7 heteroatoms. The second-order valence-electron chi connectivity index (χ2n) is 5.04. The average Bonchev–Trinajstić information content (AvgIpc) is 3.00. The molecule has 2 unspecified atom stereocenters. The van der Waals surface area contributed by atoms with E-state index in [1.54, 1.807) is 0 Å². The third-order valence-electron chi connectivity index (χ3n) is 3.61. The molecule has 0 aromatic heterocycles. The predicted octanol–water partition coefficient (Wildman–Crippen LogP) is 3.46. The summed E-state index contributed by atoms with van der Waals surface area (Å²) in [6, 6.07) is -0.961. The van der Waals surface area contributed by atoms with Crippen LogP contribution >= 0.6 is 0 Å². The molecule has 1 aliphatic rings. The Balaban J connectivity index is 2.48. The number of nitrogens with one attached hydrogen (secondary N) is 1. The van der Waals surface area contributed by atoms with E-state index in [0.29, 0.717) is 26.0 Å². The lowest BCUT2D eigenvalue weighted by atomic mass is 9.91. The van der Waals surface area contributed by atoms with E-state index >= 15 is 0 Å². The summed E-state index contributed by atoms with van der Waals surface area (Å²) >= 11 is 0. The second-order valence-corrected chi connectivity index (χ2v) is 5.04. The molecule has 1 aromatic rings. The van der Waals surface area contributed by atoms with E-state index in [0.717, 1.165) is 0 Å². The third-order valence-corrected chi connectivity index (χ3v) is 3.61. The number of halogens is 5. The molecule has 118 valence electrons. The molecule has 0 amide bonds. The van der Waals surface area contributed by atoms with Crippen LogP contribution in [0.15, 0.2) is 0 Å². The van der Waals surface area contributed by atoms with Gasteiger partial charge in [-0.3, -0.25) is 0 Å². The summed E-state index contributed by atoms with van der Waals surface area (Å²) in [4.78, 5) is 0. The van der Waals surface area contributed by atoms with Gasteiger partial charge in [0.25, 0.3) is 0 Å². The van der Waals surface area contributed by atoms with E-state index in [1.807, 2.05) is 6.92 Å². The van der Waals surface area contributed by atoms with Gasteiger partial charge < -0.3 is 10.1 Å². The summed E-state index contributed by atoms with van der Waals surface area (Å²) in [7, 11) is 0. The van der Waals surface area contributed by atoms with Gasteiger partial charge in [0.05, 0.1) is 6.61 Å². The van der Waals surface area contributed by atoms with E-state index in [1.165, 1.54) is 0 Å². The minimum absolute atomic E-state index is 0.223. The van der Waals surface area contributed by atoms with Crippen LogP contribution < -0.4 is 5.32 Å². The zero-order valence-electron chi connectivity index (χ0n) is 11.5. The summed E-state index contributed by atoms with van der Waals surface area (Å²) in [5, 5.41) is 2.87. The van der Waals surface area contributed by atoms with Crippen molar-refractivity contribution in [3.63, 3.8) is 0 Å². The highest BCUT2D eigenvalue weighted by Gasteiger charge is 2.35. The Kier molecular flexibility index (Phi) is 5.16. The lowest BCUT2D eigenvalue weighted by Gasteiger charge is -2.25. The zero-order valence-corrected chi connectivity index (χ0v) is 11.5. The number of benzene rings is 1. The summed E-state index contributed by atoms with van der Waals surface area (Å²) in [6.45, 7) is 2.87. The monoisotopic (exact) mass is 309 g/mol. The zero-order chi connectivity index (χ0) is 15.6. The van der Waals surface area contributed by atoms with Crippen molar-refractivity contribution in [2.24, 2.45) is 5.92 Å². The maximum atomic E-state index is 13.9. The van der Waals surface area contributed by atoms with Crippen LogP contribution in [0.4, 0.5) is 22.0 Å². The fourth-order valence-electron chi connectivity index (χ4n) is 2.51. The molecule has 1 N–H and O–H groups in total. The third kappa shape index (κ3) is 3.03. The first-order valence-corrected chi connectivity index (χ1v) is 6.81. The van der Waals surface area contributed by atoms with E-state index < -0.39 is 40.7 Å². The standard InChI is InChI=1S/C14H16F5NO/c1-2-4-20-14(7-3-5-21-6-7)8-9(15)11(17)13(19)12(18)10(8)16/h7,14,20H,2-6H2,1H3. The topological polar surface area (TPSA) is 21.3 Å². The lowest BCUT2D eigenvalue weighted by Crippen LogP contribution is -2.32. The first kappa shape index (κ1) is 16.2. The number of ether oxygens (including phenoxy) is 1. The van der Waals surface area contributed by atoms with Crippen LogP contribution in [-0.2, 0) is 4.74 Å². The first-order chi connectivity index (χ1) is 9.99. The number of rotatable bonds is 5. The molecule has 1 aliphatic heterocycles. The Morgan fingerprint density at radius 3 is 2.10 bits per heavy atom. The maximum Gasteiger partial charge on any atom is 0.200 e. The van der Waals surface area contributed by atoms with Gasteiger partial charge in [-0.25, -0.2) is 22.0 Å². The van der Waals surface area contributed by atoms with Crippen LogP contribution in [0.25, 0.3) is 0 Å². The minimum Gasteiger partial charge on any atom is -0.381 e. The normalized spacial score (nSPS) is 20.0. The smallest absolute Gasteiger partial charge is 0.200 e. The van der Waals surface area contributed by atoms with Gasteiger partial charge in [-0.05, 0) is 19.4 Å². The molecule has 2 atom stereocenters. The van der Waals surface area contributed by atoms with Crippen molar-refractivity contribution in [2.75, 3.05) is 19.8 Å². The minimum atomic E-state index is -2.13. The van der Waals surface area contributed by atoms with Crippen LogP contribution in [0.1, 0.15) is 31.4 Å². The van der Waals surface area contributed by atoms with Crippen molar-refractivity contribution in [3.05, 3.63) is 34.6 Å². The molecule has 0 aliphatic carbocycles. The molecule has 0 saturated carbocycles. The van der Waals surface area contributed by atoms with Crippen LogP contribution in [0, 0.1) is 35.0 Å². The van der Waals surface area contributed by atoms with E-state index in [4.69, 9.17) is 4.74 Å². The Labute approximate surface area is 119 Å². The fraction of sp³-hybridized carbons (Fsp3) is 0.571. The number of hydrogen-bond donors (Lipinski definition) is 1. The summed E-state index contributed by atoms with van der Waals surface area (Å²) in [5.41, 5.74) is -0.796. The van der Waals surface area contributed by atoms with Gasteiger partial charge in [0.2, 0.25) is 5.82 Å². The highest BCUT2D eigenvalue weighted by atomic mass is 19.2. The SMILES string of the molecule is CCCNC(c1c(F)c(F)c(F)c(F)c1F)C1CCOC1. The van der Waals surface area contributed by atoms with Crippen LogP contribution in [0.3, 0.4) is 0 Å². The molecule has 21 heavy (non-hydrogen) atoms. The van der Waals surface area contributed by atoms with Crippen LogP contribution in [0.2, 0.25) is 0 Å². The highest BCUT2D eigenvalue weighted by Crippen LogP contribution is 2.34. The summed E-state index contributed by atoms with van der Waals surface area (Å²) in [5.74, 6) is -9.83. The van der Waals surface area contributed by atoms with Gasteiger partial charge in [-0.2, -0.15) is 0 Å². The predicted molar refractivity (Wildman–Crippen MR) is 66.2 cm³/mol. The molecule has 1 saturated heterocycles. The van der Waals surface area contributed by atoms with Gasteiger partial charge >= 0.3 is 0 Å². The van der Waals surface area contributed by atoms with Crippen LogP contribution in [0.5, 0.6) is 0 Å². The Morgan fingerprint density at radius 2 is 1.62 bits per heavy atom. The molecular weight excluding hydrogens is 293 g/mol. The Hall–Kier alpha value is -1.21. The molecule has 2 rings (SSSR count). The molecule has 0 radical (unpaired) electrons. The molecular formula is C14H16F5NO. The Morgan fingerprint density at radius 1 is 1.05 bits per heavy atom.